The van der Waals surface area contributed by atoms with Gasteiger partial charge in [0.25, 0.3) is 0 Å². The van der Waals surface area contributed by atoms with Gasteiger partial charge >= 0.3 is 17.8 Å². The van der Waals surface area contributed by atoms with Crippen LogP contribution in [0.2, 0.25) is 5.02 Å². The summed E-state index contributed by atoms with van der Waals surface area (Å²) in [5.74, 6) is -0.824. The van der Waals surface area contributed by atoms with Gasteiger partial charge in [-0.2, -0.15) is 0 Å². The maximum atomic E-state index is 12.2. The van der Waals surface area contributed by atoms with E-state index in [0.717, 1.165) is 16.2 Å². The monoisotopic (exact) mass is 350 g/mol. The highest BCUT2D eigenvalue weighted by atomic mass is 35.5. The first kappa shape index (κ1) is 16.3. The summed E-state index contributed by atoms with van der Waals surface area (Å²) >= 11 is 6.20. The molecule has 8 heteroatoms. The number of hydrogen-bond acceptors (Lipinski definition) is 5. The molecule has 0 unspecified atom stereocenters. The van der Waals surface area contributed by atoms with E-state index in [1.807, 2.05) is 0 Å². The zero-order valence-corrected chi connectivity index (χ0v) is 13.5. The smallest absolute Gasteiger partial charge is 0.334 e. The van der Waals surface area contributed by atoms with Gasteiger partial charge in [-0.05, 0) is 17.7 Å². The zero-order chi connectivity index (χ0) is 17.3. The van der Waals surface area contributed by atoms with E-state index >= 15 is 0 Å². The molecule has 1 saturated heterocycles. The van der Waals surface area contributed by atoms with Crippen molar-refractivity contribution in [3.8, 4) is 11.5 Å². The van der Waals surface area contributed by atoms with Gasteiger partial charge in [-0.15, -0.1) is 6.58 Å². The summed E-state index contributed by atoms with van der Waals surface area (Å²) in [6.07, 6.45) is 2.12. The number of halogens is 1. The fraction of sp³-hybridized carbons (Fsp3) is 0.312. The molecule has 0 atom stereocenters. The number of carbonyl (C=O) groups is 3. The molecule has 24 heavy (non-hydrogen) atoms. The Morgan fingerprint density at radius 3 is 2.58 bits per heavy atom. The van der Waals surface area contributed by atoms with Crippen LogP contribution in [0.4, 0.5) is 4.79 Å². The minimum Gasteiger partial charge on any atom is -0.489 e. The molecule has 0 N–H and O–H groups in total. The molecule has 126 valence electrons. The van der Waals surface area contributed by atoms with Gasteiger partial charge in [0.05, 0.1) is 24.8 Å². The number of hydrogen-bond donors (Lipinski definition) is 0. The Balaban J connectivity index is 1.86. The molecule has 3 rings (SSSR count). The van der Waals surface area contributed by atoms with Gasteiger partial charge in [0.2, 0.25) is 0 Å². The summed E-state index contributed by atoms with van der Waals surface area (Å²) in [5.41, 5.74) is 0.569. The van der Waals surface area contributed by atoms with E-state index in [9.17, 15) is 14.4 Å². The predicted molar refractivity (Wildman–Crippen MR) is 84.9 cm³/mol. The predicted octanol–water partition coefficient (Wildman–Crippen LogP) is 1.98. The van der Waals surface area contributed by atoms with Gasteiger partial charge in [-0.1, -0.05) is 17.7 Å². The van der Waals surface area contributed by atoms with Crippen molar-refractivity contribution in [3.63, 3.8) is 0 Å². The second-order valence-corrected chi connectivity index (χ2v) is 5.74. The Kier molecular flexibility index (Phi) is 4.44. The number of urea groups is 1. The lowest BCUT2D eigenvalue weighted by atomic mass is 10.2. The van der Waals surface area contributed by atoms with Crippen molar-refractivity contribution < 1.29 is 23.9 Å². The van der Waals surface area contributed by atoms with E-state index in [1.54, 1.807) is 12.1 Å². The number of fused-ring (bicyclic) bond motifs is 1. The summed E-state index contributed by atoms with van der Waals surface area (Å²) in [5, 5.41) is 0.331. The Morgan fingerprint density at radius 1 is 1.12 bits per heavy atom. The highest BCUT2D eigenvalue weighted by Crippen LogP contribution is 2.38. The molecular weight excluding hydrogens is 336 g/mol. The van der Waals surface area contributed by atoms with Gasteiger partial charge in [0.15, 0.2) is 11.5 Å². The Hall–Kier alpha value is -2.54. The number of carbonyl (C=O) groups excluding carboxylic acids is 3. The van der Waals surface area contributed by atoms with E-state index < -0.39 is 17.8 Å². The Labute approximate surface area is 143 Å². The molecule has 0 saturated carbocycles. The molecule has 2 heterocycles. The summed E-state index contributed by atoms with van der Waals surface area (Å²) in [4.78, 5) is 37.8. The van der Waals surface area contributed by atoms with E-state index in [1.165, 1.54) is 6.08 Å². The molecule has 1 aromatic carbocycles. The van der Waals surface area contributed by atoms with Crippen molar-refractivity contribution >= 4 is 29.4 Å². The molecule has 2 aliphatic rings. The number of amides is 4. The number of ether oxygens (including phenoxy) is 2. The molecule has 0 aliphatic carbocycles. The third-order valence-corrected chi connectivity index (χ3v) is 3.93. The zero-order valence-electron chi connectivity index (χ0n) is 12.8. The topological polar surface area (TPSA) is 76.2 Å². The summed E-state index contributed by atoms with van der Waals surface area (Å²) < 4.78 is 11.1. The van der Waals surface area contributed by atoms with Crippen LogP contribution in [0.15, 0.2) is 24.8 Å². The first-order valence-corrected chi connectivity index (χ1v) is 7.77. The van der Waals surface area contributed by atoms with Gasteiger partial charge in [-0.3, -0.25) is 19.4 Å². The van der Waals surface area contributed by atoms with E-state index in [0.29, 0.717) is 35.3 Å². The SMILES string of the molecule is C=CCN1C(=O)C(=O)N(Cc2cc(Cl)c3c(c2)OCCCO3)C1=O. The lowest BCUT2D eigenvalue weighted by Crippen LogP contribution is -2.33. The minimum absolute atomic E-state index is 0.0121. The average Bonchev–Trinajstić information content (AvgIpc) is 2.76. The van der Waals surface area contributed by atoms with Crippen LogP contribution in [0.5, 0.6) is 11.5 Å². The van der Waals surface area contributed by atoms with Crippen molar-refractivity contribution in [1.29, 1.82) is 0 Å². The van der Waals surface area contributed by atoms with Crippen LogP contribution in [0.25, 0.3) is 0 Å². The van der Waals surface area contributed by atoms with E-state index in [-0.39, 0.29) is 13.1 Å². The Bertz CT molecular complexity index is 733. The molecule has 1 aromatic rings. The second-order valence-electron chi connectivity index (χ2n) is 5.33. The van der Waals surface area contributed by atoms with Crippen LogP contribution in [-0.2, 0) is 16.1 Å². The van der Waals surface area contributed by atoms with E-state index in [4.69, 9.17) is 21.1 Å². The summed E-state index contributed by atoms with van der Waals surface area (Å²) in [6.45, 7) is 4.37. The van der Waals surface area contributed by atoms with Crippen molar-refractivity contribution in [2.45, 2.75) is 13.0 Å². The summed E-state index contributed by atoms with van der Waals surface area (Å²) in [6, 6.07) is 2.58. The minimum atomic E-state index is -0.870. The largest absolute Gasteiger partial charge is 0.489 e. The van der Waals surface area contributed by atoms with Crippen LogP contribution < -0.4 is 9.47 Å². The fourth-order valence-corrected chi connectivity index (χ4v) is 2.83. The standard InChI is InChI=1S/C16H15ClN2O5/c1-2-4-18-14(20)15(21)19(16(18)22)9-10-7-11(17)13-12(8-10)23-5-3-6-24-13/h2,7-8H,1,3-6,9H2. The van der Waals surface area contributed by atoms with Crippen molar-refractivity contribution in [2.75, 3.05) is 19.8 Å². The lowest BCUT2D eigenvalue weighted by Gasteiger charge is -2.16. The molecule has 4 amide bonds. The fourth-order valence-electron chi connectivity index (χ4n) is 2.54. The third kappa shape index (κ3) is 2.82. The second kappa shape index (κ2) is 6.52. The van der Waals surface area contributed by atoms with Crippen LogP contribution in [0.3, 0.4) is 0 Å². The van der Waals surface area contributed by atoms with Gasteiger partial charge in [-0.25, -0.2) is 4.79 Å². The third-order valence-electron chi connectivity index (χ3n) is 3.65. The molecule has 1 fully saturated rings. The van der Waals surface area contributed by atoms with Crippen molar-refractivity contribution in [1.82, 2.24) is 9.80 Å². The van der Waals surface area contributed by atoms with Gasteiger partial charge < -0.3 is 9.47 Å². The van der Waals surface area contributed by atoms with Crippen LogP contribution in [0.1, 0.15) is 12.0 Å². The number of rotatable bonds is 4. The van der Waals surface area contributed by atoms with Gasteiger partial charge in [0, 0.05) is 13.0 Å². The van der Waals surface area contributed by atoms with Crippen LogP contribution >= 0.6 is 11.6 Å². The van der Waals surface area contributed by atoms with Crippen molar-refractivity contribution in [2.24, 2.45) is 0 Å². The molecule has 2 aliphatic heterocycles. The normalized spacial score (nSPS) is 17.3. The molecule has 0 aromatic heterocycles. The highest BCUT2D eigenvalue weighted by Gasteiger charge is 2.43. The van der Waals surface area contributed by atoms with Gasteiger partial charge in [0.1, 0.15) is 0 Å². The first-order chi connectivity index (χ1) is 11.5. The maximum absolute atomic E-state index is 12.2. The highest BCUT2D eigenvalue weighted by molar-refractivity contribution is 6.44. The number of nitrogens with zero attached hydrogens (tertiary/aromatic N) is 2. The first-order valence-electron chi connectivity index (χ1n) is 7.39. The number of imide groups is 2. The average molecular weight is 351 g/mol. The molecular formula is C16H15ClN2O5. The van der Waals surface area contributed by atoms with Crippen LogP contribution in [0, 0.1) is 0 Å². The van der Waals surface area contributed by atoms with E-state index in [2.05, 4.69) is 6.58 Å². The molecule has 0 radical (unpaired) electrons. The lowest BCUT2D eigenvalue weighted by molar-refractivity contribution is -0.143. The molecule has 7 nitrogen and oxygen atoms in total. The maximum Gasteiger partial charge on any atom is 0.334 e. The number of benzene rings is 1. The summed E-state index contributed by atoms with van der Waals surface area (Å²) in [7, 11) is 0. The quantitative estimate of drug-likeness (QED) is 0.471. The molecule has 0 spiro atoms. The Morgan fingerprint density at radius 2 is 1.83 bits per heavy atom. The van der Waals surface area contributed by atoms with Crippen molar-refractivity contribution in [3.05, 3.63) is 35.4 Å². The molecule has 0 bridgehead atoms. The van der Waals surface area contributed by atoms with Crippen LogP contribution in [-0.4, -0.2) is 47.4 Å².